The fraction of sp³-hybridized carbons (Fsp3) is 0.143. The number of rotatable bonds is 0. The lowest BCUT2D eigenvalue weighted by Crippen LogP contribution is -2.06. The molecule has 0 nitrogen and oxygen atoms in total. The average Bonchev–Trinajstić information content (AvgIpc) is 2.40. The van der Waals surface area contributed by atoms with Gasteiger partial charge in [0.05, 0.1) is 11.1 Å². The van der Waals surface area contributed by atoms with Gasteiger partial charge in [0.15, 0.2) is 0 Å². The van der Waals surface area contributed by atoms with E-state index in [2.05, 4.69) is 15.9 Å². The molecule has 0 spiro atoms. The second-order valence-corrected chi connectivity index (χ2v) is 7.28. The van der Waals surface area contributed by atoms with Gasteiger partial charge in [0.25, 0.3) is 0 Å². The molecule has 0 radical (unpaired) electrons. The third-order valence-corrected chi connectivity index (χ3v) is 5.69. The van der Waals surface area contributed by atoms with Crippen LogP contribution in [0.5, 0.6) is 0 Å². The van der Waals surface area contributed by atoms with Crippen LogP contribution < -0.4 is 0 Å². The molecule has 0 aliphatic carbocycles. The molecule has 2 aromatic rings. The third-order valence-electron chi connectivity index (χ3n) is 2.43. The molecular formula is C14H7BrF6I2. The molecule has 0 heterocycles. The maximum atomic E-state index is 12.1. The van der Waals surface area contributed by atoms with Gasteiger partial charge in [-0.3, -0.25) is 0 Å². The Morgan fingerprint density at radius 2 is 1.30 bits per heavy atom. The van der Waals surface area contributed by atoms with Crippen LogP contribution in [0.1, 0.15) is 11.1 Å². The van der Waals surface area contributed by atoms with E-state index in [0.717, 1.165) is 18.2 Å². The van der Waals surface area contributed by atoms with Crippen molar-refractivity contribution in [3.8, 4) is 0 Å². The summed E-state index contributed by atoms with van der Waals surface area (Å²) >= 11 is 6.63. The Hall–Kier alpha value is -0.0400. The first-order valence-electron chi connectivity index (χ1n) is 5.77. The SMILES string of the molecule is FC(F)(F)c1ccc(Br)c(I)c1.FC(F)(F)c1ccccc1I. The highest BCUT2D eigenvalue weighted by atomic mass is 127. The van der Waals surface area contributed by atoms with Gasteiger partial charge in [0.1, 0.15) is 0 Å². The first-order chi connectivity index (χ1) is 10.4. The molecule has 0 amide bonds. The Morgan fingerprint density at radius 1 is 0.739 bits per heavy atom. The largest absolute Gasteiger partial charge is 0.417 e. The molecule has 126 valence electrons. The maximum Gasteiger partial charge on any atom is 0.417 e. The number of hydrogen-bond acceptors (Lipinski definition) is 0. The Bertz CT molecular complexity index is 667. The molecular weight excluding hydrogens is 616 g/mol. The fourth-order valence-electron chi connectivity index (χ4n) is 1.36. The molecule has 2 aromatic carbocycles. The van der Waals surface area contributed by atoms with Crippen LogP contribution in [0.4, 0.5) is 26.3 Å². The number of alkyl halides is 6. The first kappa shape index (κ1) is 21.0. The van der Waals surface area contributed by atoms with Crippen molar-refractivity contribution < 1.29 is 26.3 Å². The predicted molar refractivity (Wildman–Crippen MR) is 96.0 cm³/mol. The topological polar surface area (TPSA) is 0 Å². The van der Waals surface area contributed by atoms with Crippen molar-refractivity contribution in [2.45, 2.75) is 12.4 Å². The van der Waals surface area contributed by atoms with Crippen LogP contribution in [0.25, 0.3) is 0 Å². The molecule has 0 saturated heterocycles. The second kappa shape index (κ2) is 8.37. The molecule has 0 aliphatic heterocycles. The molecule has 9 heteroatoms. The smallest absolute Gasteiger partial charge is 0.166 e. The molecule has 0 unspecified atom stereocenters. The minimum absolute atomic E-state index is 0.234. The fourth-order valence-corrected chi connectivity index (χ4v) is 2.82. The maximum absolute atomic E-state index is 12.1. The quantitative estimate of drug-likeness (QED) is 0.213. The van der Waals surface area contributed by atoms with Gasteiger partial charge in [-0.05, 0) is 91.4 Å². The summed E-state index contributed by atoms with van der Waals surface area (Å²) in [4.78, 5) is 0. The number of halogens is 9. The number of benzene rings is 2. The highest BCUT2D eigenvalue weighted by molar-refractivity contribution is 14.1. The summed E-state index contributed by atoms with van der Waals surface area (Å²) in [6.07, 6.45) is -8.47. The summed E-state index contributed by atoms with van der Waals surface area (Å²) in [5, 5.41) is 0. The van der Waals surface area contributed by atoms with Crippen LogP contribution in [0.2, 0.25) is 0 Å². The summed E-state index contributed by atoms with van der Waals surface area (Å²) in [5.41, 5.74) is -1.18. The third kappa shape index (κ3) is 6.77. The van der Waals surface area contributed by atoms with Crippen LogP contribution in [0.3, 0.4) is 0 Å². The van der Waals surface area contributed by atoms with Gasteiger partial charge in [0, 0.05) is 11.6 Å². The minimum atomic E-state index is -4.25. The molecule has 2 rings (SSSR count). The average molecular weight is 623 g/mol. The summed E-state index contributed by atoms with van der Waals surface area (Å²) < 4.78 is 73.8. The zero-order valence-corrected chi connectivity index (χ0v) is 16.8. The van der Waals surface area contributed by atoms with Gasteiger partial charge in [-0.25, -0.2) is 0 Å². The van der Waals surface area contributed by atoms with Crippen molar-refractivity contribution in [2.24, 2.45) is 0 Å². The van der Waals surface area contributed by atoms with Crippen molar-refractivity contribution in [3.63, 3.8) is 0 Å². The van der Waals surface area contributed by atoms with Gasteiger partial charge >= 0.3 is 12.4 Å². The van der Waals surface area contributed by atoms with Crippen LogP contribution >= 0.6 is 61.1 Å². The van der Waals surface area contributed by atoms with Crippen molar-refractivity contribution in [1.82, 2.24) is 0 Å². The normalized spacial score (nSPS) is 11.7. The minimum Gasteiger partial charge on any atom is -0.166 e. The predicted octanol–water partition coefficient (Wildman–Crippen LogP) is 7.38. The van der Waals surface area contributed by atoms with E-state index in [-0.39, 0.29) is 3.57 Å². The van der Waals surface area contributed by atoms with Crippen molar-refractivity contribution in [2.75, 3.05) is 0 Å². The van der Waals surface area contributed by atoms with Crippen LogP contribution in [-0.4, -0.2) is 0 Å². The molecule has 0 aliphatic rings. The summed E-state index contributed by atoms with van der Waals surface area (Å²) in [6, 6.07) is 9.01. The lowest BCUT2D eigenvalue weighted by Gasteiger charge is -2.07. The van der Waals surface area contributed by atoms with E-state index in [1.54, 1.807) is 28.7 Å². The Labute approximate surface area is 164 Å². The Morgan fingerprint density at radius 3 is 1.70 bits per heavy atom. The van der Waals surface area contributed by atoms with Crippen LogP contribution in [0, 0.1) is 7.14 Å². The van der Waals surface area contributed by atoms with E-state index in [4.69, 9.17) is 0 Å². The molecule has 0 fully saturated rings. The summed E-state index contributed by atoms with van der Waals surface area (Å²) in [5.74, 6) is 0. The molecule has 0 N–H and O–H groups in total. The monoisotopic (exact) mass is 622 g/mol. The zero-order valence-electron chi connectivity index (χ0n) is 10.9. The highest BCUT2D eigenvalue weighted by Gasteiger charge is 2.32. The lowest BCUT2D eigenvalue weighted by atomic mass is 10.2. The Balaban J connectivity index is 0.000000231. The van der Waals surface area contributed by atoms with E-state index in [1.807, 2.05) is 22.6 Å². The molecule has 23 heavy (non-hydrogen) atoms. The molecule has 0 saturated carbocycles. The van der Waals surface area contributed by atoms with Gasteiger partial charge in [0.2, 0.25) is 0 Å². The Kier molecular flexibility index (Phi) is 7.64. The van der Waals surface area contributed by atoms with Crippen molar-refractivity contribution >= 4 is 61.1 Å². The van der Waals surface area contributed by atoms with E-state index >= 15 is 0 Å². The van der Waals surface area contributed by atoms with Crippen molar-refractivity contribution in [1.29, 1.82) is 0 Å². The highest BCUT2D eigenvalue weighted by Crippen LogP contribution is 2.33. The number of hydrogen-bond donors (Lipinski definition) is 0. The van der Waals surface area contributed by atoms with Gasteiger partial charge in [-0.2, -0.15) is 26.3 Å². The van der Waals surface area contributed by atoms with Crippen LogP contribution in [0.15, 0.2) is 46.9 Å². The molecule has 0 bridgehead atoms. The second-order valence-electron chi connectivity index (χ2n) is 4.10. The first-order valence-corrected chi connectivity index (χ1v) is 8.72. The van der Waals surface area contributed by atoms with E-state index < -0.39 is 23.5 Å². The van der Waals surface area contributed by atoms with Crippen molar-refractivity contribution in [3.05, 3.63) is 65.2 Å². The van der Waals surface area contributed by atoms with E-state index in [1.165, 1.54) is 18.2 Å². The van der Waals surface area contributed by atoms with Gasteiger partial charge < -0.3 is 0 Å². The van der Waals surface area contributed by atoms with Crippen LogP contribution in [-0.2, 0) is 12.4 Å². The molecule has 0 aromatic heterocycles. The summed E-state index contributed by atoms with van der Waals surface area (Å²) in [6.45, 7) is 0. The standard InChI is InChI=1S/C7H3BrF3I.C7H4F3I/c8-5-2-1-4(3-6(5)12)7(9,10)11;8-7(9,10)5-3-1-2-4-6(5)11/h1-3H;1-4H. The summed E-state index contributed by atoms with van der Waals surface area (Å²) in [7, 11) is 0. The zero-order chi connectivity index (χ0) is 17.8. The van der Waals surface area contributed by atoms with Gasteiger partial charge in [-0.15, -0.1) is 0 Å². The van der Waals surface area contributed by atoms with E-state index in [0.29, 0.717) is 8.04 Å². The van der Waals surface area contributed by atoms with E-state index in [9.17, 15) is 26.3 Å². The van der Waals surface area contributed by atoms with Gasteiger partial charge in [-0.1, -0.05) is 12.1 Å². The molecule has 0 atom stereocenters. The lowest BCUT2D eigenvalue weighted by molar-refractivity contribution is -0.138.